The van der Waals surface area contributed by atoms with E-state index in [1.165, 1.54) is 0 Å². The van der Waals surface area contributed by atoms with Crippen molar-refractivity contribution in [3.8, 4) is 0 Å². The number of hydrogen-bond donors (Lipinski definition) is 1. The van der Waals surface area contributed by atoms with Crippen LogP contribution in [0.15, 0.2) is 53.7 Å². The van der Waals surface area contributed by atoms with Gasteiger partial charge in [-0.15, -0.1) is 0 Å². The number of rotatable bonds is 6. The summed E-state index contributed by atoms with van der Waals surface area (Å²) in [6.45, 7) is 0.716. The second-order valence-corrected chi connectivity index (χ2v) is 7.05. The van der Waals surface area contributed by atoms with Crippen molar-refractivity contribution in [1.82, 2.24) is 14.3 Å². The number of aromatic nitrogens is 2. The van der Waals surface area contributed by atoms with Gasteiger partial charge in [0, 0.05) is 36.9 Å². The van der Waals surface area contributed by atoms with Crippen molar-refractivity contribution in [3.63, 3.8) is 0 Å². The van der Waals surface area contributed by atoms with Gasteiger partial charge in [-0.2, -0.15) is 0 Å². The number of benzene rings is 1. The van der Waals surface area contributed by atoms with E-state index >= 15 is 0 Å². The Morgan fingerprint density at radius 2 is 1.88 bits per heavy atom. The maximum Gasteiger partial charge on any atom is 0.240 e. The van der Waals surface area contributed by atoms with Gasteiger partial charge in [0.25, 0.3) is 0 Å². The van der Waals surface area contributed by atoms with E-state index in [4.69, 9.17) is 0 Å². The van der Waals surface area contributed by atoms with Crippen LogP contribution in [0.1, 0.15) is 6.42 Å². The number of fused-ring (bicyclic) bond motifs is 1. The third-order valence-corrected chi connectivity index (χ3v) is 4.98. The molecule has 3 aromatic rings. The first-order chi connectivity index (χ1) is 11.5. The van der Waals surface area contributed by atoms with Crippen molar-refractivity contribution in [3.05, 3.63) is 60.4 Å². The lowest BCUT2D eigenvalue weighted by Gasteiger charge is -2.08. The van der Waals surface area contributed by atoms with Crippen LogP contribution in [0.2, 0.25) is 0 Å². The summed E-state index contributed by atoms with van der Waals surface area (Å²) in [5.41, 5.74) is 0.826. The average molecular weight is 351 g/mol. The first kappa shape index (κ1) is 16.5. The first-order valence-corrected chi connectivity index (χ1v) is 8.80. The van der Waals surface area contributed by atoms with Crippen molar-refractivity contribution in [2.24, 2.45) is 0 Å². The lowest BCUT2D eigenvalue weighted by Crippen LogP contribution is -2.25. The predicted molar refractivity (Wildman–Crippen MR) is 85.9 cm³/mol. The van der Waals surface area contributed by atoms with Crippen molar-refractivity contribution in [1.29, 1.82) is 0 Å². The van der Waals surface area contributed by atoms with Crippen molar-refractivity contribution >= 4 is 21.1 Å². The smallest absolute Gasteiger partial charge is 0.240 e. The highest BCUT2D eigenvalue weighted by Crippen LogP contribution is 2.14. The van der Waals surface area contributed by atoms with Gasteiger partial charge in [-0.05, 0) is 36.8 Å². The van der Waals surface area contributed by atoms with Crippen LogP contribution in [0, 0.1) is 11.6 Å². The molecular weight excluding hydrogens is 336 g/mol. The van der Waals surface area contributed by atoms with Gasteiger partial charge in [-0.25, -0.2) is 26.9 Å². The van der Waals surface area contributed by atoms with E-state index in [0.717, 1.165) is 23.2 Å². The fraction of sp³-hybridized carbons (Fsp3) is 0.188. The third kappa shape index (κ3) is 3.60. The molecule has 1 N–H and O–H groups in total. The maximum absolute atomic E-state index is 13.1. The Balaban J connectivity index is 1.61. The molecule has 0 saturated carbocycles. The third-order valence-electron chi connectivity index (χ3n) is 3.54. The lowest BCUT2D eigenvalue weighted by molar-refractivity contribution is 0.557. The van der Waals surface area contributed by atoms with Gasteiger partial charge in [0.2, 0.25) is 10.0 Å². The summed E-state index contributed by atoms with van der Waals surface area (Å²) in [5.74, 6) is -1.86. The molecule has 0 aliphatic rings. The zero-order chi connectivity index (χ0) is 17.2. The van der Waals surface area contributed by atoms with Gasteiger partial charge < -0.3 is 4.57 Å². The van der Waals surface area contributed by atoms with E-state index in [0.29, 0.717) is 19.0 Å². The van der Waals surface area contributed by atoms with E-state index in [1.807, 2.05) is 29.0 Å². The second-order valence-electron chi connectivity index (χ2n) is 5.28. The van der Waals surface area contributed by atoms with Crippen LogP contribution in [-0.2, 0) is 16.6 Å². The van der Waals surface area contributed by atoms with E-state index in [-0.39, 0.29) is 6.54 Å². The second kappa shape index (κ2) is 6.66. The number of nitrogens with one attached hydrogen (secondary N) is 1. The van der Waals surface area contributed by atoms with Gasteiger partial charge in [-0.1, -0.05) is 0 Å². The maximum atomic E-state index is 13.1. The molecule has 8 heteroatoms. The van der Waals surface area contributed by atoms with E-state index in [2.05, 4.69) is 9.71 Å². The molecule has 3 rings (SSSR count). The molecule has 0 fully saturated rings. The summed E-state index contributed by atoms with van der Waals surface area (Å²) in [7, 11) is -3.94. The highest BCUT2D eigenvalue weighted by atomic mass is 32.2. The van der Waals surface area contributed by atoms with E-state index < -0.39 is 26.6 Å². The Morgan fingerprint density at radius 3 is 2.62 bits per heavy atom. The topological polar surface area (TPSA) is 64.0 Å². The van der Waals surface area contributed by atoms with Crippen LogP contribution >= 0.6 is 0 Å². The molecule has 24 heavy (non-hydrogen) atoms. The number of sulfonamides is 1. The first-order valence-electron chi connectivity index (χ1n) is 7.31. The van der Waals surface area contributed by atoms with Crippen LogP contribution in [-0.4, -0.2) is 24.5 Å². The van der Waals surface area contributed by atoms with E-state index in [9.17, 15) is 17.2 Å². The Kier molecular flexibility index (Phi) is 4.59. The van der Waals surface area contributed by atoms with Gasteiger partial charge in [0.1, 0.15) is 17.3 Å². The molecule has 0 aliphatic carbocycles. The Hall–Kier alpha value is -2.32. The van der Waals surface area contributed by atoms with Gasteiger partial charge in [-0.3, -0.25) is 0 Å². The minimum absolute atomic E-state index is 0.146. The van der Waals surface area contributed by atoms with Gasteiger partial charge in [0.15, 0.2) is 0 Å². The Bertz CT molecular complexity index is 950. The number of hydrogen-bond acceptors (Lipinski definition) is 3. The SMILES string of the molecule is O=S(=O)(NCCCn1ccc2cccnc21)c1cc(F)cc(F)c1. The summed E-state index contributed by atoms with van der Waals surface area (Å²) < 4.78 is 54.6. The molecule has 5 nitrogen and oxygen atoms in total. The molecule has 2 aromatic heterocycles. The van der Waals surface area contributed by atoms with Crippen molar-refractivity contribution in [2.45, 2.75) is 17.9 Å². The molecule has 0 aliphatic heterocycles. The molecule has 0 radical (unpaired) electrons. The zero-order valence-corrected chi connectivity index (χ0v) is 13.4. The number of halogens is 2. The van der Waals surface area contributed by atoms with Gasteiger partial charge >= 0.3 is 0 Å². The molecule has 1 aromatic carbocycles. The standard InChI is InChI=1S/C16H15F2N3O2S/c17-13-9-14(18)11-15(10-13)24(22,23)20-6-2-7-21-8-4-12-3-1-5-19-16(12)21/h1,3-5,8-11,20H,2,6-7H2. The van der Waals surface area contributed by atoms with Crippen LogP contribution in [0.25, 0.3) is 11.0 Å². The summed E-state index contributed by atoms with van der Waals surface area (Å²) in [5, 5.41) is 1.01. The van der Waals surface area contributed by atoms with Crippen LogP contribution < -0.4 is 4.72 Å². The zero-order valence-electron chi connectivity index (χ0n) is 12.6. The molecular formula is C16H15F2N3O2S. The van der Waals surface area contributed by atoms with Crippen LogP contribution in [0.3, 0.4) is 0 Å². The highest BCUT2D eigenvalue weighted by molar-refractivity contribution is 7.89. The minimum atomic E-state index is -3.94. The van der Waals surface area contributed by atoms with Crippen molar-refractivity contribution < 1.29 is 17.2 Å². The summed E-state index contributed by atoms with van der Waals surface area (Å²) in [6, 6.07) is 7.92. The number of pyridine rings is 1. The predicted octanol–water partition coefficient (Wildman–Crippen LogP) is 2.68. The van der Waals surface area contributed by atoms with E-state index in [1.54, 1.807) is 6.20 Å². The molecule has 0 unspecified atom stereocenters. The van der Waals surface area contributed by atoms with Crippen LogP contribution in [0.4, 0.5) is 8.78 Å². The average Bonchev–Trinajstić information content (AvgIpc) is 2.94. The highest BCUT2D eigenvalue weighted by Gasteiger charge is 2.15. The molecule has 0 amide bonds. The Labute approximate surface area is 138 Å². The fourth-order valence-electron chi connectivity index (χ4n) is 2.42. The summed E-state index contributed by atoms with van der Waals surface area (Å²) in [6.07, 6.45) is 4.09. The Morgan fingerprint density at radius 1 is 1.12 bits per heavy atom. The lowest BCUT2D eigenvalue weighted by atomic mass is 10.3. The molecule has 0 spiro atoms. The number of nitrogens with zero attached hydrogens (tertiary/aromatic N) is 2. The normalized spacial score (nSPS) is 11.9. The monoisotopic (exact) mass is 351 g/mol. The molecule has 0 saturated heterocycles. The van der Waals surface area contributed by atoms with Crippen LogP contribution in [0.5, 0.6) is 0 Å². The fourth-order valence-corrected chi connectivity index (χ4v) is 3.54. The number of aryl methyl sites for hydroxylation is 1. The largest absolute Gasteiger partial charge is 0.332 e. The molecule has 0 bridgehead atoms. The summed E-state index contributed by atoms with van der Waals surface area (Å²) >= 11 is 0. The van der Waals surface area contributed by atoms with Gasteiger partial charge in [0.05, 0.1) is 4.90 Å². The minimum Gasteiger partial charge on any atom is -0.332 e. The molecule has 0 atom stereocenters. The summed E-state index contributed by atoms with van der Waals surface area (Å²) in [4.78, 5) is 3.85. The quantitative estimate of drug-likeness (QED) is 0.695. The van der Waals surface area contributed by atoms with Crippen molar-refractivity contribution in [2.75, 3.05) is 6.54 Å². The molecule has 2 heterocycles. The molecule has 126 valence electrons.